The molecule has 70 valence electrons. The molecule has 1 aliphatic carbocycles. The molecule has 13 heavy (non-hydrogen) atoms. The summed E-state index contributed by atoms with van der Waals surface area (Å²) < 4.78 is 26.1. The molecule has 3 heteroatoms. The number of fused-ring (bicyclic) bond motifs is 1. The monoisotopic (exact) mass is 183 g/mol. The van der Waals surface area contributed by atoms with Gasteiger partial charge in [0.2, 0.25) is 0 Å². The lowest BCUT2D eigenvalue weighted by molar-refractivity contribution is 0.464. The average Bonchev–Trinajstić information content (AvgIpc) is 2.12. The zero-order chi connectivity index (χ0) is 9.42. The van der Waals surface area contributed by atoms with Gasteiger partial charge in [0.25, 0.3) is 0 Å². The Labute approximate surface area is 75.6 Å². The van der Waals surface area contributed by atoms with Crippen LogP contribution in [0.1, 0.15) is 30.0 Å². The number of hydrogen-bond acceptors (Lipinski definition) is 1. The molecule has 1 unspecified atom stereocenters. The molecule has 2 rings (SSSR count). The van der Waals surface area contributed by atoms with Crippen LogP contribution in [0.15, 0.2) is 12.1 Å². The molecule has 1 aliphatic rings. The van der Waals surface area contributed by atoms with Gasteiger partial charge >= 0.3 is 0 Å². The number of hydrogen-bond donors (Lipinski definition) is 1. The third-order valence-electron chi connectivity index (χ3n) is 2.55. The maximum Gasteiger partial charge on any atom is 0.163 e. The molecule has 0 bridgehead atoms. The predicted octanol–water partition coefficient (Wildman–Crippen LogP) is 2.30. The van der Waals surface area contributed by atoms with E-state index in [1.165, 1.54) is 6.07 Å². The van der Waals surface area contributed by atoms with Crippen LogP contribution >= 0.6 is 0 Å². The van der Waals surface area contributed by atoms with Gasteiger partial charge in [0, 0.05) is 11.6 Å². The maximum atomic E-state index is 13.3. The van der Waals surface area contributed by atoms with Gasteiger partial charge in [-0.25, -0.2) is 8.78 Å². The lowest BCUT2D eigenvalue weighted by Crippen LogP contribution is -2.19. The smallest absolute Gasteiger partial charge is 0.163 e. The van der Waals surface area contributed by atoms with Crippen LogP contribution in [0, 0.1) is 11.6 Å². The molecule has 1 atom stereocenters. The summed E-state index contributed by atoms with van der Waals surface area (Å²) in [7, 11) is 0. The van der Waals surface area contributed by atoms with Crippen LogP contribution in [-0.2, 0) is 6.42 Å². The summed E-state index contributed by atoms with van der Waals surface area (Å²) in [6.45, 7) is 0. The summed E-state index contributed by atoms with van der Waals surface area (Å²) in [5.41, 5.74) is 6.95. The number of halogens is 2. The highest BCUT2D eigenvalue weighted by Crippen LogP contribution is 2.30. The van der Waals surface area contributed by atoms with Crippen molar-refractivity contribution < 1.29 is 8.78 Å². The van der Waals surface area contributed by atoms with Gasteiger partial charge in [-0.05, 0) is 30.9 Å². The summed E-state index contributed by atoms with van der Waals surface area (Å²) in [6, 6.07) is 2.47. The van der Waals surface area contributed by atoms with Crippen molar-refractivity contribution in [3.63, 3.8) is 0 Å². The average molecular weight is 183 g/mol. The molecule has 0 radical (unpaired) electrons. The quantitative estimate of drug-likeness (QED) is 0.656. The molecule has 0 saturated heterocycles. The summed E-state index contributed by atoms with van der Waals surface area (Å²) in [6.07, 6.45) is 2.51. The molecule has 0 aromatic heterocycles. The van der Waals surface area contributed by atoms with Gasteiger partial charge in [-0.3, -0.25) is 0 Å². The van der Waals surface area contributed by atoms with Crippen molar-refractivity contribution in [3.8, 4) is 0 Å². The van der Waals surface area contributed by atoms with Gasteiger partial charge in [-0.2, -0.15) is 0 Å². The fourth-order valence-electron chi connectivity index (χ4n) is 1.88. The molecular formula is C10H11F2N. The van der Waals surface area contributed by atoms with Crippen molar-refractivity contribution in [3.05, 3.63) is 34.9 Å². The highest BCUT2D eigenvalue weighted by Gasteiger charge is 2.22. The highest BCUT2D eigenvalue weighted by molar-refractivity contribution is 5.34. The zero-order valence-corrected chi connectivity index (χ0v) is 7.19. The van der Waals surface area contributed by atoms with Gasteiger partial charge in [0.05, 0.1) is 0 Å². The topological polar surface area (TPSA) is 26.0 Å². The molecule has 1 aromatic rings. The Morgan fingerprint density at radius 2 is 2.08 bits per heavy atom. The van der Waals surface area contributed by atoms with Crippen molar-refractivity contribution in [1.82, 2.24) is 0 Å². The summed E-state index contributed by atoms with van der Waals surface area (Å²) >= 11 is 0. The third-order valence-corrected chi connectivity index (χ3v) is 2.55. The highest BCUT2D eigenvalue weighted by atomic mass is 19.2. The Hall–Kier alpha value is -0.960. The van der Waals surface area contributed by atoms with E-state index in [9.17, 15) is 8.78 Å². The van der Waals surface area contributed by atoms with Crippen molar-refractivity contribution >= 4 is 0 Å². The molecular weight excluding hydrogens is 172 g/mol. The van der Waals surface area contributed by atoms with Crippen molar-refractivity contribution in [2.75, 3.05) is 0 Å². The summed E-state index contributed by atoms with van der Waals surface area (Å²) in [4.78, 5) is 0. The third kappa shape index (κ3) is 1.33. The Morgan fingerprint density at radius 3 is 2.85 bits per heavy atom. The number of nitrogens with two attached hydrogens (primary N) is 1. The first kappa shape index (κ1) is 8.63. The van der Waals surface area contributed by atoms with Crippen LogP contribution < -0.4 is 5.73 Å². The van der Waals surface area contributed by atoms with Crippen LogP contribution in [0.2, 0.25) is 0 Å². The number of benzene rings is 1. The van der Waals surface area contributed by atoms with E-state index >= 15 is 0 Å². The lowest BCUT2D eigenvalue weighted by Gasteiger charge is -2.22. The molecule has 1 nitrogen and oxygen atoms in total. The van der Waals surface area contributed by atoms with E-state index in [-0.39, 0.29) is 6.04 Å². The lowest BCUT2D eigenvalue weighted by atomic mass is 9.88. The number of rotatable bonds is 0. The Bertz CT molecular complexity index is 336. The minimum atomic E-state index is -0.795. The zero-order valence-electron chi connectivity index (χ0n) is 7.19. The second-order valence-electron chi connectivity index (χ2n) is 3.43. The Morgan fingerprint density at radius 1 is 1.31 bits per heavy atom. The first-order valence-corrected chi connectivity index (χ1v) is 4.42. The Kier molecular flexibility index (Phi) is 2.04. The Balaban J connectivity index is 2.58. The van der Waals surface area contributed by atoms with Crippen molar-refractivity contribution in [2.45, 2.75) is 25.3 Å². The molecule has 0 aliphatic heterocycles. The second-order valence-corrected chi connectivity index (χ2v) is 3.43. The fraction of sp³-hybridized carbons (Fsp3) is 0.400. The van der Waals surface area contributed by atoms with Crippen LogP contribution in [-0.4, -0.2) is 0 Å². The van der Waals surface area contributed by atoms with E-state index in [1.807, 2.05) is 0 Å². The van der Waals surface area contributed by atoms with E-state index in [2.05, 4.69) is 0 Å². The van der Waals surface area contributed by atoms with E-state index in [0.717, 1.165) is 24.8 Å². The van der Waals surface area contributed by atoms with E-state index in [1.54, 1.807) is 6.07 Å². The van der Waals surface area contributed by atoms with Crippen molar-refractivity contribution in [2.24, 2.45) is 5.73 Å². The van der Waals surface area contributed by atoms with E-state index in [0.29, 0.717) is 5.56 Å². The second kappa shape index (κ2) is 3.07. The SMILES string of the molecule is NC1CCCc2ccc(F)c(F)c21. The van der Waals surface area contributed by atoms with Crippen LogP contribution in [0.4, 0.5) is 8.78 Å². The van der Waals surface area contributed by atoms with Gasteiger partial charge in [0.1, 0.15) is 0 Å². The predicted molar refractivity (Wildman–Crippen MR) is 46.2 cm³/mol. The van der Waals surface area contributed by atoms with E-state index < -0.39 is 11.6 Å². The molecule has 0 fully saturated rings. The van der Waals surface area contributed by atoms with Crippen LogP contribution in [0.3, 0.4) is 0 Å². The van der Waals surface area contributed by atoms with Crippen LogP contribution in [0.5, 0.6) is 0 Å². The minimum absolute atomic E-state index is 0.334. The normalized spacial score (nSPS) is 21.3. The van der Waals surface area contributed by atoms with Gasteiger partial charge < -0.3 is 5.73 Å². The van der Waals surface area contributed by atoms with Gasteiger partial charge in [-0.15, -0.1) is 0 Å². The fourth-order valence-corrected chi connectivity index (χ4v) is 1.88. The molecule has 0 heterocycles. The maximum absolute atomic E-state index is 13.3. The standard InChI is InChI=1S/C10H11F2N/c11-7-5-4-6-2-1-3-8(13)9(6)10(7)12/h4-5,8H,1-3,13H2. The molecule has 0 amide bonds. The van der Waals surface area contributed by atoms with Gasteiger partial charge in [-0.1, -0.05) is 6.07 Å². The van der Waals surface area contributed by atoms with E-state index in [4.69, 9.17) is 5.73 Å². The summed E-state index contributed by atoms with van der Waals surface area (Å²) in [5.74, 6) is -1.55. The summed E-state index contributed by atoms with van der Waals surface area (Å²) in [5, 5.41) is 0. The molecule has 1 aromatic carbocycles. The molecule has 2 N–H and O–H groups in total. The largest absolute Gasteiger partial charge is 0.324 e. The first-order chi connectivity index (χ1) is 6.20. The molecule has 0 saturated carbocycles. The minimum Gasteiger partial charge on any atom is -0.324 e. The molecule has 0 spiro atoms. The van der Waals surface area contributed by atoms with Crippen molar-refractivity contribution in [1.29, 1.82) is 0 Å². The van der Waals surface area contributed by atoms with Gasteiger partial charge in [0.15, 0.2) is 11.6 Å². The number of aryl methyl sites for hydroxylation is 1. The van der Waals surface area contributed by atoms with Crippen LogP contribution in [0.25, 0.3) is 0 Å². The first-order valence-electron chi connectivity index (χ1n) is 4.42.